The molecule has 3 aromatic heterocycles. The Morgan fingerprint density at radius 3 is 2.54 bits per heavy atom. The van der Waals surface area contributed by atoms with Crippen LogP contribution in [0.25, 0.3) is 11.4 Å². The van der Waals surface area contributed by atoms with E-state index in [2.05, 4.69) is 24.7 Å². The van der Waals surface area contributed by atoms with Gasteiger partial charge in [0.2, 0.25) is 5.75 Å². The van der Waals surface area contributed by atoms with E-state index >= 15 is 0 Å². The molecule has 11 nitrogen and oxygen atoms in total. The Bertz CT molecular complexity index is 1530. The Kier molecular flexibility index (Phi) is 7.84. The molecule has 1 aliphatic rings. The average molecular weight is 550 g/mol. The van der Waals surface area contributed by atoms with E-state index in [1.165, 1.54) is 19.4 Å². The van der Waals surface area contributed by atoms with Gasteiger partial charge in [-0.2, -0.15) is 13.4 Å². The highest BCUT2D eigenvalue weighted by Crippen LogP contribution is 2.41. The molecule has 1 N–H and O–H groups in total. The lowest BCUT2D eigenvalue weighted by Crippen LogP contribution is -2.19. The van der Waals surface area contributed by atoms with E-state index in [4.69, 9.17) is 18.9 Å². The molecule has 4 aromatic rings. The summed E-state index contributed by atoms with van der Waals surface area (Å²) in [5.41, 5.74) is 1.42. The minimum atomic E-state index is -4.16. The summed E-state index contributed by atoms with van der Waals surface area (Å²) in [5.74, 6) is 0.818. The Labute approximate surface area is 226 Å². The lowest BCUT2D eigenvalue weighted by molar-refractivity contribution is 0.0654. The first-order chi connectivity index (χ1) is 18.9. The van der Waals surface area contributed by atoms with Crippen molar-refractivity contribution < 1.29 is 27.4 Å². The van der Waals surface area contributed by atoms with Crippen molar-refractivity contribution in [2.24, 2.45) is 0 Å². The molecular weight excluding hydrogens is 522 g/mol. The van der Waals surface area contributed by atoms with E-state index in [9.17, 15) is 8.42 Å². The molecular formula is C27H27N5O6S. The summed E-state index contributed by atoms with van der Waals surface area (Å²) >= 11 is 0. The maximum atomic E-state index is 13.4. The van der Waals surface area contributed by atoms with Crippen molar-refractivity contribution in [3.05, 3.63) is 72.7 Å². The standard InChI is InChI=1S/C27H27N5O6S/c1-18-9-10-23(29-16-18)39(33,34)32-26-24(38-22-8-4-3-7-21(22)35-2)27(37-17-20-6-5-15-36-20)31-25(30-26)19-11-13-28-14-12-19/h3-4,7-14,16,20H,5-6,15,17H2,1-2H3,(H,30,31,32)/t20-/m0/s1. The number of anilines is 1. The Morgan fingerprint density at radius 1 is 1.05 bits per heavy atom. The van der Waals surface area contributed by atoms with Crippen LogP contribution in [0.15, 0.2) is 72.1 Å². The van der Waals surface area contributed by atoms with E-state index in [0.717, 1.165) is 18.4 Å². The fourth-order valence-corrected chi connectivity index (χ4v) is 4.81. The van der Waals surface area contributed by atoms with Crippen molar-refractivity contribution in [1.82, 2.24) is 19.9 Å². The van der Waals surface area contributed by atoms with E-state index in [-0.39, 0.29) is 41.0 Å². The third-order valence-corrected chi connectivity index (χ3v) is 7.13. The number of ether oxygens (including phenoxy) is 4. The van der Waals surface area contributed by atoms with Gasteiger partial charge in [0.25, 0.3) is 15.9 Å². The van der Waals surface area contributed by atoms with Crippen LogP contribution in [0.1, 0.15) is 18.4 Å². The van der Waals surface area contributed by atoms with Gasteiger partial charge in [-0.25, -0.2) is 9.97 Å². The van der Waals surface area contributed by atoms with Gasteiger partial charge in [0.05, 0.1) is 13.2 Å². The quantitative estimate of drug-likeness (QED) is 0.303. The van der Waals surface area contributed by atoms with Gasteiger partial charge in [-0.15, -0.1) is 0 Å². The average Bonchev–Trinajstić information content (AvgIpc) is 3.48. The molecule has 1 aliphatic heterocycles. The van der Waals surface area contributed by atoms with E-state index in [1.54, 1.807) is 54.9 Å². The highest BCUT2D eigenvalue weighted by Gasteiger charge is 2.27. The van der Waals surface area contributed by atoms with E-state index < -0.39 is 10.0 Å². The third-order valence-electron chi connectivity index (χ3n) is 5.87. The fourth-order valence-electron chi connectivity index (χ4n) is 3.87. The molecule has 0 bridgehead atoms. The van der Waals surface area contributed by atoms with Gasteiger partial charge in [-0.1, -0.05) is 18.2 Å². The molecule has 0 spiro atoms. The summed E-state index contributed by atoms with van der Waals surface area (Å²) in [5, 5.41) is -0.178. The number of rotatable bonds is 10. The molecule has 1 atom stereocenters. The molecule has 1 fully saturated rings. The first-order valence-electron chi connectivity index (χ1n) is 12.3. The SMILES string of the molecule is COc1ccccc1Oc1c(NS(=O)(=O)c2ccc(C)cn2)nc(-c2ccncc2)nc1OC[C@@H]1CCCO1. The lowest BCUT2D eigenvalue weighted by Gasteiger charge is -2.19. The summed E-state index contributed by atoms with van der Waals surface area (Å²) < 4.78 is 52.7. The van der Waals surface area contributed by atoms with Gasteiger partial charge >= 0.3 is 0 Å². The van der Waals surface area contributed by atoms with E-state index in [1.807, 2.05) is 6.92 Å². The summed E-state index contributed by atoms with van der Waals surface area (Å²) in [7, 11) is -2.66. The van der Waals surface area contributed by atoms with Crippen molar-refractivity contribution in [2.75, 3.05) is 25.0 Å². The third kappa shape index (κ3) is 6.24. The van der Waals surface area contributed by atoms with Crippen molar-refractivity contribution in [1.29, 1.82) is 0 Å². The molecule has 0 aliphatic carbocycles. The van der Waals surface area contributed by atoms with Gasteiger partial charge in [0.15, 0.2) is 28.2 Å². The fraction of sp³-hybridized carbons (Fsp3) is 0.259. The van der Waals surface area contributed by atoms with Gasteiger partial charge in [0.1, 0.15) is 6.61 Å². The number of aryl methyl sites for hydroxylation is 1. The molecule has 4 heterocycles. The van der Waals surface area contributed by atoms with Crippen LogP contribution in [0, 0.1) is 6.92 Å². The van der Waals surface area contributed by atoms with Crippen molar-refractivity contribution in [3.63, 3.8) is 0 Å². The Morgan fingerprint density at radius 2 is 1.85 bits per heavy atom. The van der Waals surface area contributed by atoms with E-state index in [0.29, 0.717) is 23.7 Å². The zero-order valence-corrected chi connectivity index (χ0v) is 22.2. The molecule has 0 radical (unpaired) electrons. The minimum absolute atomic E-state index is 0.0350. The number of nitrogens with zero attached hydrogens (tertiary/aromatic N) is 4. The zero-order valence-electron chi connectivity index (χ0n) is 21.4. The zero-order chi connectivity index (χ0) is 27.2. The van der Waals surface area contributed by atoms with Crippen LogP contribution in [-0.4, -0.2) is 54.8 Å². The molecule has 0 unspecified atom stereocenters. The molecule has 0 saturated carbocycles. The molecule has 1 saturated heterocycles. The predicted molar refractivity (Wildman–Crippen MR) is 143 cm³/mol. The smallest absolute Gasteiger partial charge is 0.280 e. The largest absolute Gasteiger partial charge is 0.493 e. The second kappa shape index (κ2) is 11.6. The van der Waals surface area contributed by atoms with Crippen LogP contribution in [0.5, 0.6) is 23.1 Å². The van der Waals surface area contributed by atoms with Crippen LogP contribution < -0.4 is 18.9 Å². The number of aromatic nitrogens is 4. The summed E-state index contributed by atoms with van der Waals surface area (Å²) in [6.07, 6.45) is 6.29. The second-order valence-electron chi connectivity index (χ2n) is 8.74. The van der Waals surface area contributed by atoms with Gasteiger partial charge in [-0.05, 0) is 55.7 Å². The normalized spacial score (nSPS) is 15.1. The van der Waals surface area contributed by atoms with Gasteiger partial charge < -0.3 is 18.9 Å². The Hall–Kier alpha value is -4.29. The highest BCUT2D eigenvalue weighted by molar-refractivity contribution is 7.92. The lowest BCUT2D eigenvalue weighted by atomic mass is 10.2. The number of pyridine rings is 2. The van der Waals surface area contributed by atoms with Crippen LogP contribution in [0.3, 0.4) is 0 Å². The number of hydrogen-bond donors (Lipinski definition) is 1. The maximum absolute atomic E-state index is 13.4. The summed E-state index contributed by atoms with van der Waals surface area (Å²) in [6.45, 7) is 2.67. The number of methoxy groups -OCH3 is 1. The Balaban J connectivity index is 1.63. The molecule has 202 valence electrons. The summed E-state index contributed by atoms with van der Waals surface area (Å²) in [6, 6.07) is 13.4. The van der Waals surface area contributed by atoms with Crippen molar-refractivity contribution in [3.8, 4) is 34.5 Å². The number of sulfonamides is 1. The molecule has 0 amide bonds. The number of benzene rings is 1. The summed E-state index contributed by atoms with van der Waals surface area (Å²) in [4.78, 5) is 17.2. The van der Waals surface area contributed by atoms with Crippen molar-refractivity contribution >= 4 is 15.8 Å². The predicted octanol–water partition coefficient (Wildman–Crippen LogP) is 4.40. The minimum Gasteiger partial charge on any atom is -0.493 e. The van der Waals surface area contributed by atoms with Gasteiger partial charge in [0, 0.05) is 30.8 Å². The second-order valence-corrected chi connectivity index (χ2v) is 10.4. The molecule has 5 rings (SSSR count). The van der Waals surface area contributed by atoms with Crippen molar-refractivity contribution in [2.45, 2.75) is 30.9 Å². The number of para-hydroxylation sites is 2. The van der Waals surface area contributed by atoms with Crippen LogP contribution in [-0.2, 0) is 14.8 Å². The highest BCUT2D eigenvalue weighted by atomic mass is 32.2. The number of nitrogens with one attached hydrogen (secondary N) is 1. The molecule has 39 heavy (non-hydrogen) atoms. The molecule has 1 aromatic carbocycles. The maximum Gasteiger partial charge on any atom is 0.280 e. The first kappa shape index (κ1) is 26.3. The molecule has 12 heteroatoms. The van der Waals surface area contributed by atoms with Crippen LogP contribution >= 0.6 is 0 Å². The van der Waals surface area contributed by atoms with Crippen LogP contribution in [0.4, 0.5) is 5.82 Å². The topological polar surface area (TPSA) is 135 Å². The first-order valence-corrected chi connectivity index (χ1v) is 13.7. The van der Waals surface area contributed by atoms with Crippen LogP contribution in [0.2, 0.25) is 0 Å². The monoisotopic (exact) mass is 549 g/mol. The number of hydrogen-bond acceptors (Lipinski definition) is 10. The van der Waals surface area contributed by atoms with Gasteiger partial charge in [-0.3, -0.25) is 9.71 Å².